The zero-order valence-electron chi connectivity index (χ0n) is 17.5. The Bertz CT molecular complexity index is 1190. The van der Waals surface area contributed by atoms with Gasteiger partial charge in [-0.1, -0.05) is 61.2 Å². The number of hydrogen-bond donors (Lipinski definition) is 0. The van der Waals surface area contributed by atoms with E-state index in [0.717, 1.165) is 40.6 Å². The molecule has 154 valence electrons. The number of fused-ring (bicyclic) bond motifs is 3. The van der Waals surface area contributed by atoms with Crippen molar-refractivity contribution in [3.05, 3.63) is 59.7 Å². The fourth-order valence-corrected chi connectivity index (χ4v) is 4.27. The Morgan fingerprint density at radius 2 is 1.77 bits per heavy atom. The summed E-state index contributed by atoms with van der Waals surface area (Å²) in [5.74, 6) is 0.322. The summed E-state index contributed by atoms with van der Waals surface area (Å²) in [4.78, 5) is 19.0. The van der Waals surface area contributed by atoms with E-state index >= 15 is 0 Å². The quantitative estimate of drug-likeness (QED) is 0.418. The van der Waals surface area contributed by atoms with Gasteiger partial charge >= 0.3 is 0 Å². The van der Waals surface area contributed by atoms with Crippen LogP contribution in [0.4, 0.5) is 0 Å². The van der Waals surface area contributed by atoms with Crippen molar-refractivity contribution in [1.82, 2.24) is 24.6 Å². The number of para-hydroxylation sites is 1. The summed E-state index contributed by atoms with van der Waals surface area (Å²) in [6.07, 6.45) is 1.01. The first-order valence-corrected chi connectivity index (χ1v) is 11.2. The first-order valence-electron chi connectivity index (χ1n) is 10.2. The molecule has 0 radical (unpaired) electrons. The molecule has 0 saturated carbocycles. The van der Waals surface area contributed by atoms with E-state index < -0.39 is 0 Å². The van der Waals surface area contributed by atoms with Gasteiger partial charge in [0.05, 0.1) is 11.3 Å². The highest BCUT2D eigenvalue weighted by Gasteiger charge is 2.15. The van der Waals surface area contributed by atoms with Crippen molar-refractivity contribution >= 4 is 39.7 Å². The third-order valence-corrected chi connectivity index (χ3v) is 6.09. The third-order valence-electron chi connectivity index (χ3n) is 5.27. The molecule has 7 heteroatoms. The molecular formula is C23H25N5OS. The van der Waals surface area contributed by atoms with E-state index in [-0.39, 0.29) is 11.7 Å². The van der Waals surface area contributed by atoms with Gasteiger partial charge in [0.1, 0.15) is 5.52 Å². The highest BCUT2D eigenvalue weighted by atomic mass is 32.2. The average molecular weight is 420 g/mol. The molecule has 0 fully saturated rings. The van der Waals surface area contributed by atoms with Gasteiger partial charge in [0.25, 0.3) is 0 Å². The lowest BCUT2D eigenvalue weighted by Gasteiger charge is -2.17. The van der Waals surface area contributed by atoms with Gasteiger partial charge < -0.3 is 9.47 Å². The van der Waals surface area contributed by atoms with E-state index in [1.54, 1.807) is 4.90 Å². The Morgan fingerprint density at radius 1 is 1.03 bits per heavy atom. The molecule has 0 aliphatic carbocycles. The van der Waals surface area contributed by atoms with Crippen molar-refractivity contribution in [3.63, 3.8) is 0 Å². The second-order valence-corrected chi connectivity index (χ2v) is 8.18. The second-order valence-electron chi connectivity index (χ2n) is 7.24. The van der Waals surface area contributed by atoms with Gasteiger partial charge in [-0.2, -0.15) is 0 Å². The first-order chi connectivity index (χ1) is 14.6. The molecule has 6 nitrogen and oxygen atoms in total. The molecule has 0 unspecified atom stereocenters. The van der Waals surface area contributed by atoms with E-state index in [9.17, 15) is 4.79 Å². The molecule has 2 aromatic heterocycles. The lowest BCUT2D eigenvalue weighted by Crippen LogP contribution is -2.27. The second kappa shape index (κ2) is 8.83. The maximum Gasteiger partial charge on any atom is 0.233 e. The van der Waals surface area contributed by atoms with Crippen LogP contribution in [0, 0.1) is 0 Å². The summed E-state index contributed by atoms with van der Waals surface area (Å²) < 4.78 is 2.14. The van der Waals surface area contributed by atoms with Crippen molar-refractivity contribution in [2.45, 2.75) is 38.5 Å². The number of aryl methyl sites for hydroxylation is 2. The highest BCUT2D eigenvalue weighted by Crippen LogP contribution is 2.27. The number of carbonyl (C=O) groups excluding carboxylic acids is 1. The summed E-state index contributed by atoms with van der Waals surface area (Å²) in [6.45, 7) is 5.61. The van der Waals surface area contributed by atoms with Crippen molar-refractivity contribution in [3.8, 4) is 0 Å². The molecule has 4 aromatic rings. The number of rotatable bonds is 7. The molecule has 0 bridgehead atoms. The molecule has 2 aromatic carbocycles. The topological polar surface area (TPSA) is 63.9 Å². The Balaban J connectivity index is 1.46. The Kier molecular flexibility index (Phi) is 5.99. The largest absolute Gasteiger partial charge is 0.341 e. The van der Waals surface area contributed by atoms with Gasteiger partial charge in [0, 0.05) is 25.5 Å². The fraction of sp³-hybridized carbons (Fsp3) is 0.304. The Hall–Kier alpha value is -2.93. The number of amides is 1. The van der Waals surface area contributed by atoms with E-state index in [2.05, 4.69) is 58.9 Å². The summed E-state index contributed by atoms with van der Waals surface area (Å²) >= 11 is 1.33. The van der Waals surface area contributed by atoms with E-state index in [1.165, 1.54) is 17.3 Å². The highest BCUT2D eigenvalue weighted by molar-refractivity contribution is 7.99. The monoisotopic (exact) mass is 419 g/mol. The van der Waals surface area contributed by atoms with Crippen LogP contribution < -0.4 is 0 Å². The Labute approximate surface area is 180 Å². The molecular weight excluding hydrogens is 394 g/mol. The van der Waals surface area contributed by atoms with Gasteiger partial charge in [-0.3, -0.25) is 4.79 Å². The lowest BCUT2D eigenvalue weighted by atomic mass is 10.1. The standard InChI is InChI=1S/C23H25N5OS/c1-4-16-10-12-17(13-11-16)14-27(3)20(29)15-30-23-24-22-21(25-26-23)18-8-6-7-9-19(18)28(22)5-2/h6-13H,4-5,14-15H2,1-3H3. The molecule has 4 rings (SSSR count). The number of carbonyl (C=O) groups is 1. The van der Waals surface area contributed by atoms with Crippen LogP contribution in [0.5, 0.6) is 0 Å². The normalized spacial score (nSPS) is 11.3. The van der Waals surface area contributed by atoms with Crippen LogP contribution in [-0.2, 0) is 24.3 Å². The predicted octanol–water partition coefficient (Wildman–Crippen LogP) is 4.31. The van der Waals surface area contributed by atoms with Gasteiger partial charge in [-0.05, 0) is 30.5 Å². The Morgan fingerprint density at radius 3 is 2.50 bits per heavy atom. The van der Waals surface area contributed by atoms with E-state index in [4.69, 9.17) is 4.98 Å². The summed E-state index contributed by atoms with van der Waals surface area (Å²) in [7, 11) is 1.83. The minimum Gasteiger partial charge on any atom is -0.341 e. The van der Waals surface area contributed by atoms with Gasteiger partial charge in [-0.25, -0.2) is 4.98 Å². The number of aromatic nitrogens is 4. The maximum atomic E-state index is 12.6. The van der Waals surface area contributed by atoms with Gasteiger partial charge in [0.2, 0.25) is 11.1 Å². The van der Waals surface area contributed by atoms with Crippen molar-refractivity contribution in [2.75, 3.05) is 12.8 Å². The minimum atomic E-state index is 0.0410. The van der Waals surface area contributed by atoms with E-state index in [1.807, 2.05) is 25.2 Å². The minimum absolute atomic E-state index is 0.0410. The zero-order chi connectivity index (χ0) is 21.1. The van der Waals surface area contributed by atoms with Crippen LogP contribution in [0.25, 0.3) is 22.1 Å². The molecule has 0 atom stereocenters. The molecule has 0 spiro atoms. The average Bonchev–Trinajstić information content (AvgIpc) is 3.10. The predicted molar refractivity (Wildman–Crippen MR) is 122 cm³/mol. The van der Waals surface area contributed by atoms with Crippen LogP contribution >= 0.6 is 11.8 Å². The molecule has 0 aliphatic heterocycles. The summed E-state index contributed by atoms with van der Waals surface area (Å²) in [5, 5.41) is 10.2. The molecule has 0 saturated heterocycles. The molecule has 30 heavy (non-hydrogen) atoms. The number of benzene rings is 2. The lowest BCUT2D eigenvalue weighted by molar-refractivity contribution is -0.127. The van der Waals surface area contributed by atoms with Crippen LogP contribution in [0.2, 0.25) is 0 Å². The smallest absolute Gasteiger partial charge is 0.233 e. The van der Waals surface area contributed by atoms with Crippen molar-refractivity contribution in [1.29, 1.82) is 0 Å². The number of hydrogen-bond acceptors (Lipinski definition) is 5. The fourth-order valence-electron chi connectivity index (χ4n) is 3.55. The number of nitrogens with zero attached hydrogens (tertiary/aromatic N) is 5. The third kappa shape index (κ3) is 4.03. The summed E-state index contributed by atoms with van der Waals surface area (Å²) in [5.41, 5.74) is 5.14. The molecule has 0 aliphatic rings. The van der Waals surface area contributed by atoms with Crippen LogP contribution in [0.15, 0.2) is 53.7 Å². The molecule has 2 heterocycles. The number of thioether (sulfide) groups is 1. The van der Waals surface area contributed by atoms with Crippen molar-refractivity contribution < 1.29 is 4.79 Å². The maximum absolute atomic E-state index is 12.6. The molecule has 1 amide bonds. The van der Waals surface area contributed by atoms with Crippen LogP contribution in [0.3, 0.4) is 0 Å². The van der Waals surface area contributed by atoms with Gasteiger partial charge in [-0.15, -0.1) is 10.2 Å². The van der Waals surface area contributed by atoms with E-state index in [0.29, 0.717) is 11.7 Å². The zero-order valence-corrected chi connectivity index (χ0v) is 18.3. The summed E-state index contributed by atoms with van der Waals surface area (Å²) in [6, 6.07) is 16.5. The van der Waals surface area contributed by atoms with Gasteiger partial charge in [0.15, 0.2) is 5.65 Å². The molecule has 0 N–H and O–H groups in total. The van der Waals surface area contributed by atoms with Crippen molar-refractivity contribution in [2.24, 2.45) is 0 Å². The van der Waals surface area contributed by atoms with Crippen LogP contribution in [0.1, 0.15) is 25.0 Å². The first kappa shape index (κ1) is 20.3. The van der Waals surface area contributed by atoms with Crippen LogP contribution in [-0.4, -0.2) is 43.4 Å². The SMILES string of the molecule is CCc1ccc(CN(C)C(=O)CSc2nnc3c4ccccc4n(CC)c3n2)cc1.